The average molecular weight is 421 g/mol. The number of hydrogen-bond donors (Lipinski definition) is 2. The fourth-order valence-electron chi connectivity index (χ4n) is 3.26. The van der Waals surface area contributed by atoms with Crippen LogP contribution in [0.15, 0.2) is 48.5 Å². The van der Waals surface area contributed by atoms with Crippen molar-refractivity contribution < 1.29 is 40.9 Å². The van der Waals surface area contributed by atoms with Crippen LogP contribution in [0.2, 0.25) is 0 Å². The van der Waals surface area contributed by atoms with Crippen LogP contribution in [0.5, 0.6) is 17.2 Å². The van der Waals surface area contributed by atoms with Crippen molar-refractivity contribution in [3.05, 3.63) is 54.1 Å². The third-order valence-corrected chi connectivity index (χ3v) is 4.72. The first-order chi connectivity index (χ1) is 13.5. The summed E-state index contributed by atoms with van der Waals surface area (Å²) in [6, 6.07) is 10.9. The summed E-state index contributed by atoms with van der Waals surface area (Å²) < 4.78 is 85.8. The molecule has 29 heavy (non-hydrogen) atoms. The van der Waals surface area contributed by atoms with Gasteiger partial charge in [-0.1, -0.05) is 24.3 Å². The summed E-state index contributed by atoms with van der Waals surface area (Å²) in [6.07, 6.45) is -9.59. The van der Waals surface area contributed by atoms with E-state index in [2.05, 4.69) is 10.1 Å². The van der Waals surface area contributed by atoms with Gasteiger partial charge in [0.25, 0.3) is 0 Å². The lowest BCUT2D eigenvalue weighted by atomic mass is 9.86. The van der Waals surface area contributed by atoms with Gasteiger partial charge in [-0.15, -0.1) is 13.2 Å². The van der Waals surface area contributed by atoms with Crippen molar-refractivity contribution >= 4 is 0 Å². The topological polar surface area (TPSA) is 50.7 Å². The lowest BCUT2D eigenvalue weighted by Gasteiger charge is -2.28. The summed E-state index contributed by atoms with van der Waals surface area (Å²) in [5.74, 6) is -2.13. The number of aliphatic hydroxyl groups excluding tert-OH is 1. The Bertz CT molecular complexity index is 837. The predicted molar refractivity (Wildman–Crippen MR) is 90.6 cm³/mol. The molecule has 0 aromatic heterocycles. The van der Waals surface area contributed by atoms with Crippen LogP contribution in [0.25, 0.3) is 0 Å². The molecule has 1 aliphatic heterocycles. The smallest absolute Gasteiger partial charge is 0.453 e. The Kier molecular flexibility index (Phi) is 5.68. The quantitative estimate of drug-likeness (QED) is 0.685. The van der Waals surface area contributed by atoms with Crippen LogP contribution in [0.1, 0.15) is 12.0 Å². The van der Waals surface area contributed by atoms with Gasteiger partial charge in [0.1, 0.15) is 5.75 Å². The van der Waals surface area contributed by atoms with Gasteiger partial charge in [-0.3, -0.25) is 0 Å². The van der Waals surface area contributed by atoms with Crippen molar-refractivity contribution in [2.24, 2.45) is 5.92 Å². The highest BCUT2D eigenvalue weighted by atomic mass is 19.4. The molecule has 2 aromatic rings. The van der Waals surface area contributed by atoms with Gasteiger partial charge in [0.15, 0.2) is 11.5 Å². The highest BCUT2D eigenvalue weighted by molar-refractivity contribution is 5.43. The molecule has 2 N–H and O–H groups in total. The van der Waals surface area contributed by atoms with Gasteiger partial charge in [0.05, 0.1) is 18.1 Å². The molecule has 1 aliphatic rings. The Hall–Kier alpha value is -2.46. The molecule has 1 fully saturated rings. The van der Waals surface area contributed by atoms with E-state index in [4.69, 9.17) is 4.74 Å². The molecular weight excluding hydrogens is 404 g/mol. The maximum Gasteiger partial charge on any atom is 0.573 e. The molecule has 0 radical (unpaired) electrons. The number of hydrogen-bond acceptors (Lipinski definition) is 4. The summed E-state index contributed by atoms with van der Waals surface area (Å²) in [7, 11) is 0. The highest BCUT2D eigenvalue weighted by Gasteiger charge is 2.50. The maximum absolute atomic E-state index is 13.0. The maximum atomic E-state index is 13.0. The van der Waals surface area contributed by atoms with Crippen LogP contribution in [-0.2, 0) is 5.54 Å². The second-order valence-electron chi connectivity index (χ2n) is 6.68. The van der Waals surface area contributed by atoms with Crippen LogP contribution >= 0.6 is 0 Å². The van der Waals surface area contributed by atoms with Crippen molar-refractivity contribution in [3.63, 3.8) is 0 Å². The van der Waals surface area contributed by atoms with E-state index >= 15 is 0 Å². The standard InChI is InChI=1S/C19H17F6NO3/c20-18(21,22)13-9-17(11-27,26-10-13)12-5-7-14(8-6-12)28-15-3-1-2-4-16(15)29-19(23,24)25/h1-8,13,26-27H,9-11H2/t13-,17+/m0/s1. The SMILES string of the molecule is OC[C@@]1(c2ccc(Oc3ccccc3OC(F)(F)F)cc2)C[C@H](C(F)(F)F)CN1. The summed E-state index contributed by atoms with van der Waals surface area (Å²) in [5.41, 5.74) is -0.838. The number of benzene rings is 2. The van der Waals surface area contributed by atoms with Gasteiger partial charge in [-0.25, -0.2) is 0 Å². The normalized spacial score (nSPS) is 22.5. The molecule has 0 bridgehead atoms. The summed E-state index contributed by atoms with van der Waals surface area (Å²) >= 11 is 0. The molecule has 1 saturated heterocycles. The van der Waals surface area contributed by atoms with Gasteiger partial charge in [0, 0.05) is 6.54 Å². The number of aliphatic hydroxyl groups is 1. The second kappa shape index (κ2) is 7.75. The number of alkyl halides is 6. The van der Waals surface area contributed by atoms with E-state index in [1.165, 1.54) is 42.5 Å². The molecule has 0 amide bonds. The third-order valence-electron chi connectivity index (χ3n) is 4.72. The van der Waals surface area contributed by atoms with Crippen molar-refractivity contribution in [1.82, 2.24) is 5.32 Å². The van der Waals surface area contributed by atoms with E-state index in [-0.39, 0.29) is 24.5 Å². The summed E-state index contributed by atoms with van der Waals surface area (Å²) in [5, 5.41) is 12.5. The fourth-order valence-corrected chi connectivity index (χ4v) is 3.26. The minimum Gasteiger partial charge on any atom is -0.453 e. The van der Waals surface area contributed by atoms with E-state index in [1.54, 1.807) is 0 Å². The molecule has 158 valence electrons. The van der Waals surface area contributed by atoms with E-state index in [0.29, 0.717) is 5.56 Å². The van der Waals surface area contributed by atoms with Crippen LogP contribution in [-0.4, -0.2) is 30.8 Å². The first kappa shape index (κ1) is 21.3. The number of rotatable bonds is 5. The average Bonchev–Trinajstić information content (AvgIpc) is 3.09. The van der Waals surface area contributed by atoms with E-state index in [0.717, 1.165) is 6.07 Å². The zero-order valence-electron chi connectivity index (χ0n) is 14.8. The Morgan fingerprint density at radius 2 is 1.59 bits per heavy atom. The largest absolute Gasteiger partial charge is 0.573 e. The third kappa shape index (κ3) is 4.94. The van der Waals surface area contributed by atoms with Crippen molar-refractivity contribution in [1.29, 1.82) is 0 Å². The van der Waals surface area contributed by atoms with Crippen LogP contribution in [0.4, 0.5) is 26.3 Å². The minimum atomic E-state index is -4.89. The number of nitrogens with one attached hydrogen (secondary N) is 1. The molecule has 3 rings (SSSR count). The van der Waals surface area contributed by atoms with Crippen molar-refractivity contribution in [2.75, 3.05) is 13.2 Å². The van der Waals surface area contributed by atoms with Crippen molar-refractivity contribution in [3.8, 4) is 17.2 Å². The van der Waals surface area contributed by atoms with E-state index in [9.17, 15) is 31.4 Å². The Morgan fingerprint density at radius 1 is 0.966 bits per heavy atom. The molecule has 10 heteroatoms. The van der Waals surface area contributed by atoms with Gasteiger partial charge >= 0.3 is 12.5 Å². The molecule has 2 atom stereocenters. The molecule has 0 saturated carbocycles. The van der Waals surface area contributed by atoms with Gasteiger partial charge in [-0.05, 0) is 36.2 Å². The lowest BCUT2D eigenvalue weighted by molar-refractivity contribution is -0.275. The second-order valence-corrected chi connectivity index (χ2v) is 6.68. The monoisotopic (exact) mass is 421 g/mol. The molecule has 0 aliphatic carbocycles. The van der Waals surface area contributed by atoms with Crippen LogP contribution < -0.4 is 14.8 Å². The zero-order valence-corrected chi connectivity index (χ0v) is 14.8. The van der Waals surface area contributed by atoms with Crippen molar-refractivity contribution in [2.45, 2.75) is 24.5 Å². The minimum absolute atomic E-state index is 0.158. The Labute approximate surface area is 162 Å². The highest BCUT2D eigenvalue weighted by Crippen LogP contribution is 2.42. The lowest BCUT2D eigenvalue weighted by Crippen LogP contribution is -2.40. The summed E-state index contributed by atoms with van der Waals surface area (Å²) in [4.78, 5) is 0. The molecule has 1 heterocycles. The molecule has 0 unspecified atom stereocenters. The molecule has 0 spiro atoms. The molecule has 4 nitrogen and oxygen atoms in total. The van der Waals surface area contributed by atoms with Crippen LogP contribution in [0.3, 0.4) is 0 Å². The predicted octanol–water partition coefficient (Wildman–Crippen LogP) is 4.74. The zero-order chi connectivity index (χ0) is 21.3. The molecular formula is C19H17F6NO3. The van der Waals surface area contributed by atoms with Gasteiger partial charge in [0.2, 0.25) is 0 Å². The Morgan fingerprint density at radius 3 is 2.10 bits per heavy atom. The van der Waals surface area contributed by atoms with E-state index in [1.807, 2.05) is 0 Å². The first-order valence-corrected chi connectivity index (χ1v) is 8.58. The fraction of sp³-hybridized carbons (Fsp3) is 0.368. The number of para-hydroxylation sites is 2. The number of halogens is 6. The number of ether oxygens (including phenoxy) is 2. The first-order valence-electron chi connectivity index (χ1n) is 8.58. The van der Waals surface area contributed by atoms with E-state index < -0.39 is 36.4 Å². The van der Waals surface area contributed by atoms with Crippen LogP contribution in [0, 0.1) is 5.92 Å². The molecule has 2 aromatic carbocycles. The Balaban J connectivity index is 1.78. The van der Waals surface area contributed by atoms with Gasteiger partial charge in [-0.2, -0.15) is 13.2 Å². The van der Waals surface area contributed by atoms with Gasteiger partial charge < -0.3 is 19.9 Å². The summed E-state index contributed by atoms with van der Waals surface area (Å²) in [6.45, 7) is -0.855.